The number of rotatable bonds is 11. The van der Waals surface area contributed by atoms with Gasteiger partial charge in [0.05, 0.1) is 19.4 Å². The van der Waals surface area contributed by atoms with E-state index in [1.165, 1.54) is 6.07 Å². The number of piperazine rings is 1. The van der Waals surface area contributed by atoms with Gasteiger partial charge in [-0.3, -0.25) is 14.2 Å². The Labute approximate surface area is 205 Å². The Hall–Kier alpha value is -2.85. The summed E-state index contributed by atoms with van der Waals surface area (Å²) in [5, 5.41) is 8.86. The molecule has 3 rings (SSSR count). The maximum absolute atomic E-state index is 13.4. The van der Waals surface area contributed by atoms with Gasteiger partial charge in [0, 0.05) is 44.9 Å². The van der Waals surface area contributed by atoms with Gasteiger partial charge in [-0.25, -0.2) is 9.97 Å². The highest BCUT2D eigenvalue weighted by molar-refractivity contribution is 7.54. The molecule has 11 nitrogen and oxygen atoms in total. The van der Waals surface area contributed by atoms with Crippen LogP contribution in [0.5, 0.6) is 0 Å². The second kappa shape index (κ2) is 12.7. The lowest BCUT2D eigenvalue weighted by molar-refractivity contribution is -0.133. The van der Waals surface area contributed by atoms with E-state index in [-0.39, 0.29) is 31.0 Å². The summed E-state index contributed by atoms with van der Waals surface area (Å²) in [5.74, 6) is -0.120. The molecule has 2 aromatic rings. The monoisotopic (exact) mass is 504 g/mol. The van der Waals surface area contributed by atoms with Crippen LogP contribution in [-0.2, 0) is 18.4 Å². The van der Waals surface area contributed by atoms with Gasteiger partial charge in [-0.05, 0) is 13.8 Å². The Morgan fingerprint density at radius 2 is 1.77 bits per heavy atom. The smallest absolute Gasteiger partial charge is 0.333 e. The van der Waals surface area contributed by atoms with E-state index in [4.69, 9.17) is 9.05 Å². The van der Waals surface area contributed by atoms with Gasteiger partial charge >= 0.3 is 7.60 Å². The molecule has 1 aliphatic rings. The van der Waals surface area contributed by atoms with E-state index in [9.17, 15) is 14.2 Å². The van der Waals surface area contributed by atoms with Gasteiger partial charge in [0.2, 0.25) is 5.91 Å². The fourth-order valence-electron chi connectivity index (χ4n) is 3.69. The summed E-state index contributed by atoms with van der Waals surface area (Å²) < 4.78 is 24.1. The first-order valence-electron chi connectivity index (χ1n) is 11.7. The van der Waals surface area contributed by atoms with Gasteiger partial charge < -0.3 is 29.9 Å². The minimum atomic E-state index is -3.62. The maximum Gasteiger partial charge on any atom is 0.333 e. The highest BCUT2D eigenvalue weighted by Crippen LogP contribution is 2.48. The third-order valence-electron chi connectivity index (χ3n) is 5.34. The van der Waals surface area contributed by atoms with Crippen LogP contribution >= 0.6 is 7.60 Å². The van der Waals surface area contributed by atoms with E-state index in [1.54, 1.807) is 25.8 Å². The predicted molar refractivity (Wildman–Crippen MR) is 133 cm³/mol. The SMILES string of the molecule is CCOP(=O)(CC(NC(=O)c1cc(NC)nc(-c2ccccc2)n1)C(=O)N1CCNCC1)OCC. The van der Waals surface area contributed by atoms with Crippen LogP contribution in [0, 0.1) is 0 Å². The molecular weight excluding hydrogens is 471 g/mol. The number of aromatic nitrogens is 2. The summed E-state index contributed by atoms with van der Waals surface area (Å²) in [7, 11) is -1.93. The van der Waals surface area contributed by atoms with Crippen molar-refractivity contribution in [1.82, 2.24) is 25.5 Å². The summed E-state index contributed by atoms with van der Waals surface area (Å²) in [5.41, 5.74) is 0.813. The first-order valence-corrected chi connectivity index (χ1v) is 13.4. The number of nitrogens with zero attached hydrogens (tertiary/aromatic N) is 3. The molecule has 1 aromatic heterocycles. The Bertz CT molecular complexity index is 1040. The minimum absolute atomic E-state index is 0.0731. The van der Waals surface area contributed by atoms with Crippen molar-refractivity contribution in [1.29, 1.82) is 0 Å². The fraction of sp³-hybridized carbons (Fsp3) is 0.478. The fourth-order valence-corrected chi connectivity index (χ4v) is 5.46. The summed E-state index contributed by atoms with van der Waals surface area (Å²) in [6.45, 7) is 5.93. The summed E-state index contributed by atoms with van der Waals surface area (Å²) in [6, 6.07) is 9.65. The molecule has 0 saturated carbocycles. The molecule has 1 fully saturated rings. The Balaban J connectivity index is 1.90. The van der Waals surface area contributed by atoms with Crippen LogP contribution in [0.3, 0.4) is 0 Å². The van der Waals surface area contributed by atoms with Gasteiger partial charge in [-0.1, -0.05) is 30.3 Å². The maximum atomic E-state index is 13.4. The molecule has 1 unspecified atom stereocenters. The van der Waals surface area contributed by atoms with Crippen molar-refractivity contribution in [2.75, 3.05) is 57.9 Å². The van der Waals surface area contributed by atoms with Gasteiger partial charge in [-0.15, -0.1) is 0 Å². The standard InChI is InChI=1S/C23H33N6O5P/c1-4-33-35(32,34-5-2)16-19(23(31)29-13-11-25-12-14-29)27-22(30)18-15-20(24-3)28-21(26-18)17-9-7-6-8-10-17/h6-10,15,19,25H,4-5,11-14,16H2,1-3H3,(H,27,30)(H,24,26,28). The van der Waals surface area contributed by atoms with Crippen molar-refractivity contribution in [2.45, 2.75) is 19.9 Å². The van der Waals surface area contributed by atoms with Gasteiger partial charge in [0.25, 0.3) is 5.91 Å². The highest BCUT2D eigenvalue weighted by atomic mass is 31.2. The number of benzene rings is 1. The molecule has 0 spiro atoms. The predicted octanol–water partition coefficient (Wildman–Crippen LogP) is 1.98. The Morgan fingerprint density at radius 1 is 1.11 bits per heavy atom. The molecule has 2 amide bonds. The van der Waals surface area contributed by atoms with Gasteiger partial charge in [0.1, 0.15) is 17.6 Å². The number of anilines is 1. The van der Waals surface area contributed by atoms with Crippen LogP contribution in [0.1, 0.15) is 24.3 Å². The van der Waals surface area contributed by atoms with Crippen molar-refractivity contribution < 1.29 is 23.2 Å². The number of amides is 2. The first kappa shape index (κ1) is 26.7. The zero-order chi connectivity index (χ0) is 25.3. The number of hydrogen-bond acceptors (Lipinski definition) is 9. The van der Waals surface area contributed by atoms with Crippen LogP contribution in [0.15, 0.2) is 36.4 Å². The molecule has 3 N–H and O–H groups in total. The average Bonchev–Trinajstić information content (AvgIpc) is 2.88. The zero-order valence-corrected chi connectivity index (χ0v) is 21.2. The Kier molecular flexibility index (Phi) is 9.73. The quantitative estimate of drug-likeness (QED) is 0.393. The third kappa shape index (κ3) is 7.32. The van der Waals surface area contributed by atoms with Crippen molar-refractivity contribution in [3.63, 3.8) is 0 Å². The van der Waals surface area contributed by atoms with Crippen LogP contribution in [0.25, 0.3) is 11.4 Å². The van der Waals surface area contributed by atoms with E-state index in [1.807, 2.05) is 30.3 Å². The lowest BCUT2D eigenvalue weighted by Crippen LogP contribution is -2.55. The number of carbonyl (C=O) groups is 2. The highest BCUT2D eigenvalue weighted by Gasteiger charge is 2.36. The first-order chi connectivity index (χ1) is 16.9. The van der Waals surface area contributed by atoms with E-state index in [2.05, 4.69) is 25.9 Å². The van der Waals surface area contributed by atoms with Gasteiger partial charge in [-0.2, -0.15) is 0 Å². The summed E-state index contributed by atoms with van der Waals surface area (Å²) in [6.07, 6.45) is -0.279. The van der Waals surface area contributed by atoms with Crippen molar-refractivity contribution in [3.05, 3.63) is 42.1 Å². The lowest BCUT2D eigenvalue weighted by atomic mass is 10.2. The molecule has 0 aliphatic carbocycles. The van der Waals surface area contributed by atoms with Crippen molar-refractivity contribution >= 4 is 25.2 Å². The lowest BCUT2D eigenvalue weighted by Gasteiger charge is -2.32. The number of carbonyl (C=O) groups excluding carboxylic acids is 2. The molecular formula is C23H33N6O5P. The average molecular weight is 505 g/mol. The minimum Gasteiger partial charge on any atom is -0.373 e. The topological polar surface area (TPSA) is 135 Å². The second-order valence-electron chi connectivity index (χ2n) is 7.81. The molecule has 1 saturated heterocycles. The van der Waals surface area contributed by atoms with Gasteiger partial charge in [0.15, 0.2) is 5.82 Å². The summed E-state index contributed by atoms with van der Waals surface area (Å²) in [4.78, 5) is 37.2. The number of hydrogen-bond donors (Lipinski definition) is 3. The molecule has 1 atom stereocenters. The molecule has 190 valence electrons. The van der Waals surface area contributed by atoms with Crippen LogP contribution in [-0.4, -0.2) is 85.3 Å². The second-order valence-corrected chi connectivity index (χ2v) is 9.91. The molecule has 35 heavy (non-hydrogen) atoms. The van der Waals surface area contributed by atoms with Crippen LogP contribution in [0.2, 0.25) is 0 Å². The van der Waals surface area contributed by atoms with E-state index < -0.39 is 19.5 Å². The molecule has 2 heterocycles. The van der Waals surface area contributed by atoms with Crippen LogP contribution < -0.4 is 16.0 Å². The van der Waals surface area contributed by atoms with E-state index in [0.717, 1.165) is 5.56 Å². The number of nitrogens with one attached hydrogen (secondary N) is 3. The molecule has 1 aromatic carbocycles. The zero-order valence-electron chi connectivity index (χ0n) is 20.3. The molecule has 12 heteroatoms. The van der Waals surface area contributed by atoms with E-state index in [0.29, 0.717) is 37.8 Å². The normalized spacial score (nSPS) is 14.9. The van der Waals surface area contributed by atoms with Crippen molar-refractivity contribution in [3.8, 4) is 11.4 Å². The third-order valence-corrected chi connectivity index (χ3v) is 7.45. The molecule has 1 aliphatic heterocycles. The van der Waals surface area contributed by atoms with Crippen LogP contribution in [0.4, 0.5) is 5.82 Å². The molecule has 0 bridgehead atoms. The molecule has 0 radical (unpaired) electrons. The Morgan fingerprint density at radius 3 is 2.37 bits per heavy atom. The van der Waals surface area contributed by atoms with E-state index >= 15 is 0 Å². The van der Waals surface area contributed by atoms with Crippen molar-refractivity contribution in [2.24, 2.45) is 0 Å². The largest absolute Gasteiger partial charge is 0.373 e. The summed E-state index contributed by atoms with van der Waals surface area (Å²) >= 11 is 0.